The van der Waals surface area contributed by atoms with Crippen molar-refractivity contribution in [1.29, 1.82) is 0 Å². The zero-order valence-corrected chi connectivity index (χ0v) is 17.4. The molecule has 2 aromatic carbocycles. The Morgan fingerprint density at radius 3 is 2.57 bits per heavy atom. The fourth-order valence-electron chi connectivity index (χ4n) is 2.54. The van der Waals surface area contributed by atoms with Crippen molar-refractivity contribution < 1.29 is 9.18 Å². The van der Waals surface area contributed by atoms with Crippen LogP contribution in [0.1, 0.15) is 34.7 Å². The Morgan fingerprint density at radius 1 is 1.18 bits per heavy atom. The van der Waals surface area contributed by atoms with Crippen molar-refractivity contribution in [2.75, 3.05) is 0 Å². The molecule has 0 bridgehead atoms. The number of benzene rings is 2. The summed E-state index contributed by atoms with van der Waals surface area (Å²) >= 11 is 13.3. The van der Waals surface area contributed by atoms with Crippen LogP contribution in [0.15, 0.2) is 47.6 Å². The second-order valence-corrected chi connectivity index (χ2v) is 7.90. The van der Waals surface area contributed by atoms with E-state index in [4.69, 9.17) is 23.2 Å². The summed E-state index contributed by atoms with van der Waals surface area (Å²) in [4.78, 5) is 12.4. The Kier molecular flexibility index (Phi) is 6.59. The second kappa shape index (κ2) is 8.94. The van der Waals surface area contributed by atoms with Crippen LogP contribution in [0.5, 0.6) is 0 Å². The van der Waals surface area contributed by atoms with Gasteiger partial charge in [-0.25, -0.2) is 4.39 Å². The molecule has 0 saturated carbocycles. The van der Waals surface area contributed by atoms with Crippen molar-refractivity contribution in [1.82, 2.24) is 20.1 Å². The van der Waals surface area contributed by atoms with Crippen molar-refractivity contribution in [3.8, 4) is 0 Å². The van der Waals surface area contributed by atoms with Gasteiger partial charge in [-0.3, -0.25) is 4.79 Å². The van der Waals surface area contributed by atoms with Gasteiger partial charge in [-0.05, 0) is 42.8 Å². The van der Waals surface area contributed by atoms with E-state index in [1.54, 1.807) is 24.3 Å². The third-order valence-electron chi connectivity index (χ3n) is 4.07. The summed E-state index contributed by atoms with van der Waals surface area (Å²) in [5, 5.41) is 12.7. The molecule has 0 aliphatic rings. The maximum Gasteiger partial charge on any atom is 0.251 e. The quantitative estimate of drug-likeness (QED) is 0.547. The molecule has 0 fully saturated rings. The fourth-order valence-corrected chi connectivity index (χ4v) is 3.71. The molecule has 0 aliphatic heterocycles. The van der Waals surface area contributed by atoms with Crippen molar-refractivity contribution in [2.24, 2.45) is 7.05 Å². The number of carbonyl (C=O) groups is 1. The molecule has 1 heterocycles. The van der Waals surface area contributed by atoms with E-state index in [0.29, 0.717) is 32.3 Å². The molecule has 1 atom stereocenters. The monoisotopic (exact) mass is 438 g/mol. The van der Waals surface area contributed by atoms with Gasteiger partial charge in [0, 0.05) is 18.4 Å². The van der Waals surface area contributed by atoms with Crippen LogP contribution in [0.4, 0.5) is 4.39 Å². The van der Waals surface area contributed by atoms with Crippen LogP contribution in [0.2, 0.25) is 10.0 Å². The van der Waals surface area contributed by atoms with Crippen molar-refractivity contribution in [2.45, 2.75) is 23.9 Å². The summed E-state index contributed by atoms with van der Waals surface area (Å²) in [6.07, 6.45) is 0. The first-order valence-electron chi connectivity index (χ1n) is 8.37. The standard InChI is InChI=1S/C19H17Cl2FN4OS/c1-11(23-18(27)13-5-8-15(20)16(21)9-13)17-24-25-19(26(17)2)28-10-12-3-6-14(22)7-4-12/h3-9,11H,10H2,1-2H3,(H,23,27). The maximum atomic E-state index is 13.0. The van der Waals surface area contributed by atoms with Crippen molar-refractivity contribution in [3.63, 3.8) is 0 Å². The molecule has 0 saturated heterocycles. The molecule has 3 aromatic rings. The molecule has 146 valence electrons. The average molecular weight is 439 g/mol. The second-order valence-electron chi connectivity index (χ2n) is 6.14. The summed E-state index contributed by atoms with van der Waals surface area (Å²) in [7, 11) is 1.84. The van der Waals surface area contributed by atoms with Crippen LogP contribution < -0.4 is 5.32 Å². The van der Waals surface area contributed by atoms with E-state index in [9.17, 15) is 9.18 Å². The highest BCUT2D eigenvalue weighted by molar-refractivity contribution is 7.98. The molecule has 0 radical (unpaired) electrons. The van der Waals surface area contributed by atoms with Gasteiger partial charge in [-0.1, -0.05) is 47.1 Å². The number of nitrogens with one attached hydrogen (secondary N) is 1. The smallest absolute Gasteiger partial charge is 0.251 e. The minimum atomic E-state index is -0.361. The van der Waals surface area contributed by atoms with Gasteiger partial charge < -0.3 is 9.88 Å². The van der Waals surface area contributed by atoms with Gasteiger partial charge in [0.05, 0.1) is 16.1 Å². The summed E-state index contributed by atoms with van der Waals surface area (Å²) < 4.78 is 14.8. The number of thioether (sulfide) groups is 1. The number of amides is 1. The van der Waals surface area contributed by atoms with Gasteiger partial charge in [-0.2, -0.15) is 0 Å². The molecule has 1 unspecified atom stereocenters. The summed E-state index contributed by atoms with van der Waals surface area (Å²) in [6.45, 7) is 1.83. The Bertz CT molecular complexity index is 994. The minimum absolute atomic E-state index is 0.263. The molecule has 5 nitrogen and oxygen atoms in total. The Hall–Kier alpha value is -2.09. The largest absolute Gasteiger partial charge is 0.342 e. The highest BCUT2D eigenvalue weighted by atomic mass is 35.5. The van der Waals surface area contributed by atoms with Crippen LogP contribution in [-0.4, -0.2) is 20.7 Å². The molecule has 28 heavy (non-hydrogen) atoms. The lowest BCUT2D eigenvalue weighted by Crippen LogP contribution is -2.28. The lowest BCUT2D eigenvalue weighted by molar-refractivity contribution is 0.0937. The first-order valence-corrected chi connectivity index (χ1v) is 10.1. The van der Waals surface area contributed by atoms with Gasteiger partial charge in [0.15, 0.2) is 11.0 Å². The Balaban J connectivity index is 1.65. The number of nitrogens with zero attached hydrogens (tertiary/aromatic N) is 3. The van der Waals surface area contributed by atoms with E-state index in [1.165, 1.54) is 30.0 Å². The lowest BCUT2D eigenvalue weighted by atomic mass is 10.2. The normalized spacial score (nSPS) is 12.0. The van der Waals surface area contributed by atoms with E-state index in [1.807, 2.05) is 18.5 Å². The number of aromatic nitrogens is 3. The molecule has 0 aliphatic carbocycles. The third kappa shape index (κ3) is 4.84. The third-order valence-corrected chi connectivity index (χ3v) is 5.90. The molecular formula is C19H17Cl2FN4OS. The number of rotatable bonds is 6. The number of carbonyl (C=O) groups excluding carboxylic acids is 1. The minimum Gasteiger partial charge on any atom is -0.342 e. The maximum absolute atomic E-state index is 13.0. The van der Waals surface area contributed by atoms with E-state index >= 15 is 0 Å². The van der Waals surface area contributed by atoms with Gasteiger partial charge in [0.2, 0.25) is 0 Å². The lowest BCUT2D eigenvalue weighted by Gasteiger charge is -2.14. The predicted octanol–water partition coefficient (Wildman–Crippen LogP) is 5.04. The van der Waals surface area contributed by atoms with E-state index in [2.05, 4.69) is 15.5 Å². The van der Waals surface area contributed by atoms with Gasteiger partial charge in [0.1, 0.15) is 5.82 Å². The molecule has 1 N–H and O–H groups in total. The van der Waals surface area contributed by atoms with Crippen LogP contribution in [-0.2, 0) is 12.8 Å². The first-order chi connectivity index (χ1) is 13.3. The number of hydrogen-bond donors (Lipinski definition) is 1. The zero-order valence-electron chi connectivity index (χ0n) is 15.1. The molecule has 0 spiro atoms. The summed E-state index contributed by atoms with van der Waals surface area (Å²) in [5.41, 5.74) is 1.39. The van der Waals surface area contributed by atoms with Gasteiger partial charge >= 0.3 is 0 Å². The Morgan fingerprint density at radius 2 is 1.89 bits per heavy atom. The number of halogens is 3. The van der Waals surface area contributed by atoms with E-state index < -0.39 is 0 Å². The predicted molar refractivity (Wildman–Crippen MR) is 109 cm³/mol. The fraction of sp³-hybridized carbons (Fsp3) is 0.211. The average Bonchev–Trinajstić information content (AvgIpc) is 3.04. The van der Waals surface area contributed by atoms with Crippen LogP contribution in [0.25, 0.3) is 0 Å². The van der Waals surface area contributed by atoms with Crippen molar-refractivity contribution >= 4 is 40.9 Å². The SMILES string of the molecule is CC(NC(=O)c1ccc(Cl)c(Cl)c1)c1nnc(SCc2ccc(F)cc2)n1C. The van der Waals surface area contributed by atoms with E-state index in [-0.39, 0.29) is 17.8 Å². The zero-order chi connectivity index (χ0) is 20.3. The number of hydrogen-bond acceptors (Lipinski definition) is 4. The topological polar surface area (TPSA) is 59.8 Å². The highest BCUT2D eigenvalue weighted by Crippen LogP contribution is 2.25. The van der Waals surface area contributed by atoms with Crippen LogP contribution >= 0.6 is 35.0 Å². The molecule has 1 amide bonds. The van der Waals surface area contributed by atoms with Crippen molar-refractivity contribution in [3.05, 3.63) is 75.3 Å². The van der Waals surface area contributed by atoms with E-state index in [0.717, 1.165) is 5.56 Å². The van der Waals surface area contributed by atoms with Gasteiger partial charge in [0.25, 0.3) is 5.91 Å². The van der Waals surface area contributed by atoms with Crippen LogP contribution in [0, 0.1) is 5.82 Å². The first kappa shape index (κ1) is 20.6. The molecular weight excluding hydrogens is 422 g/mol. The Labute approximate surface area is 176 Å². The molecule has 3 rings (SSSR count). The highest BCUT2D eigenvalue weighted by Gasteiger charge is 2.19. The van der Waals surface area contributed by atoms with Crippen LogP contribution in [0.3, 0.4) is 0 Å². The summed E-state index contributed by atoms with van der Waals surface area (Å²) in [5.74, 6) is 0.710. The molecule has 1 aromatic heterocycles. The van der Waals surface area contributed by atoms with Gasteiger partial charge in [-0.15, -0.1) is 10.2 Å². The summed E-state index contributed by atoms with van der Waals surface area (Å²) in [6, 6.07) is 10.7. The molecule has 9 heteroatoms.